The summed E-state index contributed by atoms with van der Waals surface area (Å²) in [6.45, 7) is 7.41. The summed E-state index contributed by atoms with van der Waals surface area (Å²) in [6, 6.07) is 5.52. The number of aromatic nitrogens is 2. The minimum absolute atomic E-state index is 0.0612. The number of nitrogens with one attached hydrogen (secondary N) is 1. The van der Waals surface area contributed by atoms with E-state index in [0.29, 0.717) is 30.8 Å². The summed E-state index contributed by atoms with van der Waals surface area (Å²) in [7, 11) is 0. The zero-order chi connectivity index (χ0) is 19.5. The molecule has 2 aromatic rings. The van der Waals surface area contributed by atoms with Crippen molar-refractivity contribution in [2.45, 2.75) is 25.9 Å². The molecule has 4 rings (SSSR count). The van der Waals surface area contributed by atoms with E-state index in [-0.39, 0.29) is 23.7 Å². The van der Waals surface area contributed by atoms with E-state index in [1.807, 2.05) is 23.1 Å². The number of carbonyl (C=O) groups is 2. The van der Waals surface area contributed by atoms with Crippen molar-refractivity contribution in [3.63, 3.8) is 0 Å². The Morgan fingerprint density at radius 1 is 1.25 bits per heavy atom. The predicted molar refractivity (Wildman–Crippen MR) is 105 cm³/mol. The Morgan fingerprint density at radius 2 is 2.07 bits per heavy atom. The van der Waals surface area contributed by atoms with Crippen molar-refractivity contribution in [2.24, 2.45) is 0 Å². The smallest absolute Gasteiger partial charge is 0.287 e. The van der Waals surface area contributed by atoms with E-state index < -0.39 is 0 Å². The van der Waals surface area contributed by atoms with Gasteiger partial charge in [0.1, 0.15) is 0 Å². The van der Waals surface area contributed by atoms with Gasteiger partial charge in [-0.1, -0.05) is 13.0 Å². The van der Waals surface area contributed by atoms with Gasteiger partial charge in [0.2, 0.25) is 5.82 Å². The summed E-state index contributed by atoms with van der Waals surface area (Å²) in [6.07, 6.45) is 3.81. The molecule has 0 spiro atoms. The lowest BCUT2D eigenvalue weighted by Crippen LogP contribution is -2.48. The number of fused-ring (bicyclic) bond motifs is 1. The summed E-state index contributed by atoms with van der Waals surface area (Å²) >= 11 is 0. The van der Waals surface area contributed by atoms with E-state index in [1.165, 1.54) is 0 Å². The highest BCUT2D eigenvalue weighted by Crippen LogP contribution is 2.17. The summed E-state index contributed by atoms with van der Waals surface area (Å²) in [5, 5.41) is 2.90. The Balaban J connectivity index is 1.54. The number of hydrogen-bond acceptors (Lipinski definition) is 5. The quantitative estimate of drug-likeness (QED) is 0.831. The van der Waals surface area contributed by atoms with Gasteiger partial charge >= 0.3 is 0 Å². The van der Waals surface area contributed by atoms with Crippen molar-refractivity contribution in [2.75, 3.05) is 45.9 Å². The first kappa shape index (κ1) is 18.9. The van der Waals surface area contributed by atoms with Crippen molar-refractivity contribution < 1.29 is 14.3 Å². The molecule has 0 aliphatic carbocycles. The number of rotatable bonds is 5. The Hall–Kier alpha value is -2.45. The van der Waals surface area contributed by atoms with Crippen LogP contribution in [0.1, 0.15) is 40.9 Å². The molecular weight excluding hydrogens is 358 g/mol. The van der Waals surface area contributed by atoms with Crippen LogP contribution >= 0.6 is 0 Å². The third-order valence-electron chi connectivity index (χ3n) is 5.58. The average molecular weight is 385 g/mol. The van der Waals surface area contributed by atoms with Gasteiger partial charge in [0, 0.05) is 45.5 Å². The number of ether oxygens (including phenoxy) is 1. The van der Waals surface area contributed by atoms with Gasteiger partial charge in [-0.3, -0.25) is 14.0 Å². The molecule has 0 saturated carbocycles. The van der Waals surface area contributed by atoms with Gasteiger partial charge in [0.05, 0.1) is 11.6 Å². The van der Waals surface area contributed by atoms with Gasteiger partial charge in [0.15, 0.2) is 5.69 Å². The number of pyridine rings is 1. The lowest BCUT2D eigenvalue weighted by atomic mass is 10.2. The van der Waals surface area contributed by atoms with E-state index in [2.05, 4.69) is 22.1 Å². The van der Waals surface area contributed by atoms with Crippen molar-refractivity contribution in [1.29, 1.82) is 0 Å². The molecule has 2 aromatic heterocycles. The molecule has 1 atom stereocenters. The first-order valence-electron chi connectivity index (χ1n) is 10.1. The number of imidazole rings is 1. The maximum absolute atomic E-state index is 13.1. The fourth-order valence-electron chi connectivity index (χ4n) is 3.86. The van der Waals surface area contributed by atoms with Crippen molar-refractivity contribution in [3.8, 4) is 0 Å². The van der Waals surface area contributed by atoms with Crippen LogP contribution in [0.15, 0.2) is 24.4 Å². The molecule has 0 bridgehead atoms. The van der Waals surface area contributed by atoms with Gasteiger partial charge in [-0.05, 0) is 31.5 Å². The maximum Gasteiger partial charge on any atom is 0.287 e. The van der Waals surface area contributed by atoms with E-state index in [1.54, 1.807) is 10.6 Å². The molecule has 28 heavy (non-hydrogen) atoms. The summed E-state index contributed by atoms with van der Waals surface area (Å²) in [4.78, 5) is 34.4. The van der Waals surface area contributed by atoms with Crippen LogP contribution in [0.3, 0.4) is 0 Å². The van der Waals surface area contributed by atoms with Crippen LogP contribution in [-0.2, 0) is 4.74 Å². The molecule has 2 aliphatic heterocycles. The minimum Gasteiger partial charge on any atom is -0.376 e. The normalized spacial score (nSPS) is 20.6. The highest BCUT2D eigenvalue weighted by molar-refractivity contribution is 6.02. The van der Waals surface area contributed by atoms with Gasteiger partial charge in [-0.15, -0.1) is 0 Å². The maximum atomic E-state index is 13.1. The zero-order valence-electron chi connectivity index (χ0n) is 16.3. The summed E-state index contributed by atoms with van der Waals surface area (Å²) < 4.78 is 7.26. The lowest BCUT2D eigenvalue weighted by molar-refractivity contribution is 0.0640. The fourth-order valence-corrected chi connectivity index (χ4v) is 3.86. The Morgan fingerprint density at radius 3 is 2.79 bits per heavy atom. The first-order chi connectivity index (χ1) is 13.7. The van der Waals surface area contributed by atoms with Crippen molar-refractivity contribution in [1.82, 2.24) is 24.5 Å². The Kier molecular flexibility index (Phi) is 5.59. The van der Waals surface area contributed by atoms with Crippen molar-refractivity contribution >= 4 is 17.3 Å². The molecule has 8 nitrogen and oxygen atoms in total. The highest BCUT2D eigenvalue weighted by atomic mass is 16.5. The second-order valence-corrected chi connectivity index (χ2v) is 7.31. The van der Waals surface area contributed by atoms with Crippen molar-refractivity contribution in [3.05, 3.63) is 35.9 Å². The Labute approximate surface area is 164 Å². The largest absolute Gasteiger partial charge is 0.376 e. The van der Waals surface area contributed by atoms with Gasteiger partial charge in [0.25, 0.3) is 11.8 Å². The molecule has 0 radical (unpaired) electrons. The second-order valence-electron chi connectivity index (χ2n) is 7.31. The van der Waals surface area contributed by atoms with Crippen LogP contribution in [0.2, 0.25) is 0 Å². The third-order valence-corrected chi connectivity index (χ3v) is 5.58. The number of nitrogens with zero attached hydrogens (tertiary/aromatic N) is 4. The van der Waals surface area contributed by atoms with Gasteiger partial charge in [-0.2, -0.15) is 0 Å². The van der Waals surface area contributed by atoms with Crippen LogP contribution in [0.5, 0.6) is 0 Å². The molecule has 150 valence electrons. The van der Waals surface area contributed by atoms with E-state index in [4.69, 9.17) is 4.74 Å². The minimum atomic E-state index is -0.286. The lowest BCUT2D eigenvalue weighted by Gasteiger charge is -2.33. The Bertz CT molecular complexity index is 851. The monoisotopic (exact) mass is 385 g/mol. The molecule has 2 saturated heterocycles. The molecule has 1 unspecified atom stereocenters. The molecule has 8 heteroatoms. The fraction of sp³-hybridized carbons (Fsp3) is 0.550. The van der Waals surface area contributed by atoms with E-state index in [9.17, 15) is 9.59 Å². The summed E-state index contributed by atoms with van der Waals surface area (Å²) in [5.41, 5.74) is 1.00. The first-order valence-corrected chi connectivity index (χ1v) is 10.1. The molecule has 2 aliphatic rings. The molecule has 2 fully saturated rings. The van der Waals surface area contributed by atoms with Crippen LogP contribution in [-0.4, -0.2) is 83.0 Å². The zero-order valence-corrected chi connectivity index (χ0v) is 16.3. The van der Waals surface area contributed by atoms with E-state index >= 15 is 0 Å². The average Bonchev–Trinajstić information content (AvgIpc) is 3.39. The molecule has 4 heterocycles. The van der Waals surface area contributed by atoms with Gasteiger partial charge < -0.3 is 19.9 Å². The molecule has 2 amide bonds. The van der Waals surface area contributed by atoms with E-state index in [0.717, 1.165) is 39.1 Å². The second kappa shape index (κ2) is 8.28. The van der Waals surface area contributed by atoms with Crippen LogP contribution in [0.25, 0.3) is 5.52 Å². The standard InChI is InChI=1S/C20H27N5O3/c1-2-23-9-11-24(12-10-23)20(27)17-16-7-3-4-8-25(16)18(22-17)19(26)21-14-15-6-5-13-28-15/h3-4,7-8,15H,2,5-6,9-14H2,1H3,(H,21,26). The number of amides is 2. The number of hydrogen-bond donors (Lipinski definition) is 1. The number of carbonyl (C=O) groups excluding carboxylic acids is 2. The van der Waals surface area contributed by atoms with Crippen LogP contribution in [0, 0.1) is 0 Å². The molecular formula is C20H27N5O3. The summed E-state index contributed by atoms with van der Waals surface area (Å²) in [5.74, 6) is -0.159. The number of likely N-dealkylation sites (N-methyl/N-ethyl adjacent to an activating group) is 1. The topological polar surface area (TPSA) is 79.2 Å². The SMILES string of the molecule is CCN1CCN(C(=O)c2nc(C(=O)NCC3CCCO3)n3ccccc23)CC1. The van der Waals surface area contributed by atoms with Crippen LogP contribution < -0.4 is 5.32 Å². The van der Waals surface area contributed by atoms with Gasteiger partial charge in [-0.25, -0.2) is 4.98 Å². The number of piperazine rings is 1. The van der Waals surface area contributed by atoms with Crippen LogP contribution in [0.4, 0.5) is 0 Å². The predicted octanol–water partition coefficient (Wildman–Crippen LogP) is 1.02. The molecule has 0 aromatic carbocycles. The highest BCUT2D eigenvalue weighted by Gasteiger charge is 2.27. The third kappa shape index (κ3) is 3.74. The molecule has 1 N–H and O–H groups in total.